The van der Waals surface area contributed by atoms with Crippen molar-refractivity contribution < 1.29 is 0 Å². The Hall–Kier alpha value is -0.863. The Labute approximate surface area is 106 Å². The van der Waals surface area contributed by atoms with Crippen molar-refractivity contribution in [3.8, 4) is 0 Å². The van der Waals surface area contributed by atoms with Gasteiger partial charge in [0.05, 0.1) is 0 Å². The van der Waals surface area contributed by atoms with Crippen LogP contribution in [0.4, 0.5) is 0 Å². The van der Waals surface area contributed by atoms with Crippen LogP contribution in [0.2, 0.25) is 18.6 Å². The zero-order valence-electron chi connectivity index (χ0n) is 11.2. The summed E-state index contributed by atoms with van der Waals surface area (Å²) in [6.07, 6.45) is 4.60. The van der Waals surface area contributed by atoms with Crippen LogP contribution in [-0.2, 0) is 0 Å². The summed E-state index contributed by atoms with van der Waals surface area (Å²) in [6.45, 7) is 9.09. The fraction of sp³-hybridized carbons (Fsp3) is 0.467. The highest BCUT2D eigenvalue weighted by molar-refractivity contribution is 6.58. The number of rotatable bonds is 3. The zero-order chi connectivity index (χ0) is 12.6. The van der Waals surface area contributed by atoms with Gasteiger partial charge in [-0.05, 0) is 30.5 Å². The molecule has 0 aliphatic heterocycles. The SMILES string of the molecule is C[Si](C)C(C1C=Cc2ccccc21)C(C)(C)N. The van der Waals surface area contributed by atoms with Crippen LogP contribution in [0.5, 0.6) is 0 Å². The molecule has 2 N–H and O–H groups in total. The minimum absolute atomic E-state index is 0.107. The van der Waals surface area contributed by atoms with Crippen molar-refractivity contribution in [3.05, 3.63) is 41.5 Å². The van der Waals surface area contributed by atoms with E-state index in [-0.39, 0.29) is 5.54 Å². The molecule has 0 fully saturated rings. The number of hydrogen-bond acceptors (Lipinski definition) is 1. The van der Waals surface area contributed by atoms with E-state index in [0.717, 1.165) is 0 Å². The van der Waals surface area contributed by atoms with E-state index in [1.54, 1.807) is 0 Å². The molecule has 0 saturated carbocycles. The third kappa shape index (κ3) is 2.38. The van der Waals surface area contributed by atoms with Crippen molar-refractivity contribution in [2.24, 2.45) is 5.73 Å². The van der Waals surface area contributed by atoms with Gasteiger partial charge in [0.15, 0.2) is 0 Å². The second kappa shape index (κ2) is 4.43. The van der Waals surface area contributed by atoms with Gasteiger partial charge in [0.25, 0.3) is 0 Å². The van der Waals surface area contributed by atoms with Crippen LogP contribution in [0, 0.1) is 0 Å². The van der Waals surface area contributed by atoms with Gasteiger partial charge in [0.1, 0.15) is 0 Å². The lowest BCUT2D eigenvalue weighted by Gasteiger charge is -2.37. The Morgan fingerprint density at radius 3 is 2.47 bits per heavy atom. The smallest absolute Gasteiger partial charge is 0.0479 e. The van der Waals surface area contributed by atoms with Crippen LogP contribution in [0.1, 0.15) is 30.9 Å². The molecule has 2 heteroatoms. The molecule has 2 unspecified atom stereocenters. The molecule has 1 aromatic rings. The predicted octanol–water partition coefficient (Wildman–Crippen LogP) is 3.66. The second-order valence-electron chi connectivity index (χ2n) is 5.89. The number of nitrogens with two attached hydrogens (primary N) is 1. The van der Waals surface area contributed by atoms with E-state index in [0.29, 0.717) is 11.5 Å². The fourth-order valence-corrected chi connectivity index (χ4v) is 5.63. The normalized spacial score (nSPS) is 20.7. The van der Waals surface area contributed by atoms with Gasteiger partial charge in [0.2, 0.25) is 0 Å². The summed E-state index contributed by atoms with van der Waals surface area (Å²) < 4.78 is 0. The van der Waals surface area contributed by atoms with E-state index < -0.39 is 8.80 Å². The van der Waals surface area contributed by atoms with Crippen LogP contribution in [0.3, 0.4) is 0 Å². The summed E-state index contributed by atoms with van der Waals surface area (Å²) in [4.78, 5) is 0. The van der Waals surface area contributed by atoms with E-state index in [9.17, 15) is 0 Å². The first-order valence-corrected chi connectivity index (χ1v) is 8.85. The lowest BCUT2D eigenvalue weighted by molar-refractivity contribution is 0.448. The fourth-order valence-electron chi connectivity index (χ4n) is 3.13. The Bertz CT molecular complexity index is 429. The van der Waals surface area contributed by atoms with E-state index in [1.807, 2.05) is 0 Å². The molecule has 1 aliphatic carbocycles. The maximum absolute atomic E-state index is 6.41. The number of allylic oxidation sites excluding steroid dienone is 1. The Balaban J connectivity index is 2.39. The molecule has 0 saturated heterocycles. The molecule has 2 atom stereocenters. The highest BCUT2D eigenvalue weighted by Gasteiger charge is 2.37. The quantitative estimate of drug-likeness (QED) is 0.807. The molecular weight excluding hydrogens is 222 g/mol. The summed E-state index contributed by atoms with van der Waals surface area (Å²) in [6, 6.07) is 8.70. The molecule has 91 valence electrons. The van der Waals surface area contributed by atoms with Crippen LogP contribution < -0.4 is 5.73 Å². The lowest BCUT2D eigenvalue weighted by atomic mass is 9.87. The molecule has 1 aromatic carbocycles. The highest BCUT2D eigenvalue weighted by Crippen LogP contribution is 2.44. The molecule has 0 aromatic heterocycles. The topological polar surface area (TPSA) is 26.0 Å². The summed E-state index contributed by atoms with van der Waals surface area (Å²) in [5.74, 6) is 0.509. The van der Waals surface area contributed by atoms with E-state index in [2.05, 4.69) is 63.4 Å². The molecule has 1 aliphatic rings. The average molecular weight is 244 g/mol. The molecule has 17 heavy (non-hydrogen) atoms. The van der Waals surface area contributed by atoms with Crippen molar-refractivity contribution >= 4 is 14.9 Å². The third-order valence-corrected chi connectivity index (χ3v) is 5.97. The van der Waals surface area contributed by atoms with Gasteiger partial charge < -0.3 is 5.73 Å². The van der Waals surface area contributed by atoms with Gasteiger partial charge in [-0.3, -0.25) is 0 Å². The summed E-state index contributed by atoms with van der Waals surface area (Å²) in [5.41, 5.74) is 9.71. The molecule has 0 spiro atoms. The maximum atomic E-state index is 6.41. The van der Waals surface area contributed by atoms with Crippen molar-refractivity contribution in [1.29, 1.82) is 0 Å². The first kappa shape index (κ1) is 12.6. The minimum Gasteiger partial charge on any atom is -0.326 e. The third-order valence-electron chi connectivity index (χ3n) is 3.62. The monoisotopic (exact) mass is 244 g/mol. The van der Waals surface area contributed by atoms with Crippen LogP contribution >= 0.6 is 0 Å². The number of fused-ring (bicyclic) bond motifs is 1. The van der Waals surface area contributed by atoms with Crippen molar-refractivity contribution in [2.75, 3.05) is 0 Å². The van der Waals surface area contributed by atoms with Crippen LogP contribution in [0.25, 0.3) is 6.08 Å². The zero-order valence-corrected chi connectivity index (χ0v) is 12.2. The highest BCUT2D eigenvalue weighted by atomic mass is 28.3. The molecule has 0 bridgehead atoms. The summed E-state index contributed by atoms with van der Waals surface area (Å²) in [7, 11) is -0.431. The van der Waals surface area contributed by atoms with Crippen LogP contribution in [-0.4, -0.2) is 14.3 Å². The predicted molar refractivity (Wildman–Crippen MR) is 77.7 cm³/mol. The standard InChI is InChI=1S/C15H22NSi/c1-15(2,16)14(17(3)4)13-10-9-11-7-5-6-8-12(11)13/h5-10,13-14H,16H2,1-4H3. The van der Waals surface area contributed by atoms with Crippen LogP contribution in [0.15, 0.2) is 30.3 Å². The molecule has 1 radical (unpaired) electrons. The van der Waals surface area contributed by atoms with E-state index >= 15 is 0 Å². The van der Waals surface area contributed by atoms with Crippen molar-refractivity contribution in [1.82, 2.24) is 0 Å². The lowest BCUT2D eigenvalue weighted by Crippen LogP contribution is -2.44. The van der Waals surface area contributed by atoms with Gasteiger partial charge >= 0.3 is 0 Å². The Kier molecular flexibility index (Phi) is 3.28. The second-order valence-corrected chi connectivity index (χ2v) is 8.67. The van der Waals surface area contributed by atoms with Gasteiger partial charge in [-0.2, -0.15) is 0 Å². The minimum atomic E-state index is -0.431. The summed E-state index contributed by atoms with van der Waals surface area (Å²) >= 11 is 0. The average Bonchev–Trinajstić information content (AvgIpc) is 2.60. The number of hydrogen-bond donors (Lipinski definition) is 1. The molecular formula is C15H22NSi. The Morgan fingerprint density at radius 1 is 1.24 bits per heavy atom. The van der Waals surface area contributed by atoms with E-state index in [4.69, 9.17) is 5.73 Å². The largest absolute Gasteiger partial charge is 0.326 e. The maximum Gasteiger partial charge on any atom is 0.0479 e. The molecule has 2 rings (SSSR count). The van der Waals surface area contributed by atoms with Gasteiger partial charge in [-0.15, -0.1) is 0 Å². The number of benzene rings is 1. The van der Waals surface area contributed by atoms with Crippen molar-refractivity contribution in [3.63, 3.8) is 0 Å². The first-order chi connectivity index (χ1) is 7.91. The molecule has 0 amide bonds. The summed E-state index contributed by atoms with van der Waals surface area (Å²) in [5, 5.41) is 0. The van der Waals surface area contributed by atoms with Gasteiger partial charge in [0, 0.05) is 20.3 Å². The van der Waals surface area contributed by atoms with Gasteiger partial charge in [-0.1, -0.05) is 49.5 Å². The van der Waals surface area contributed by atoms with Gasteiger partial charge in [-0.25, -0.2) is 0 Å². The van der Waals surface area contributed by atoms with E-state index in [1.165, 1.54) is 11.1 Å². The van der Waals surface area contributed by atoms with Crippen molar-refractivity contribution in [2.45, 2.75) is 43.9 Å². The molecule has 0 heterocycles. The first-order valence-electron chi connectivity index (χ1n) is 6.27. The Morgan fingerprint density at radius 2 is 1.88 bits per heavy atom. The molecule has 1 nitrogen and oxygen atoms in total.